The van der Waals surface area contributed by atoms with Crippen LogP contribution >= 0.6 is 0 Å². The molecular weight excluding hydrogens is 532 g/mol. The van der Waals surface area contributed by atoms with E-state index >= 15 is 0 Å². The van der Waals surface area contributed by atoms with E-state index in [4.69, 9.17) is 14.2 Å². The molecule has 0 saturated heterocycles. The molecule has 1 aliphatic carbocycles. The van der Waals surface area contributed by atoms with Gasteiger partial charge in [-0.05, 0) is 63.6 Å². The molecule has 218 valence electrons. The fraction of sp³-hybridized carbons (Fsp3) is 0.467. The molecule has 0 radical (unpaired) electrons. The first-order valence-corrected chi connectivity index (χ1v) is 15.2. The van der Waals surface area contributed by atoms with Gasteiger partial charge < -0.3 is 19.5 Å². The maximum atomic E-state index is 12.9. The number of hydrogen-bond acceptors (Lipinski definition) is 7. The van der Waals surface area contributed by atoms with E-state index in [2.05, 4.69) is 10.0 Å². The van der Waals surface area contributed by atoms with Gasteiger partial charge in [0.25, 0.3) is 0 Å². The third-order valence-corrected chi connectivity index (χ3v) is 7.06. The average Bonchev–Trinajstić information content (AvgIpc) is 3.26. The summed E-state index contributed by atoms with van der Waals surface area (Å²) in [5.74, 6) is 0.331. The number of amides is 1. The van der Waals surface area contributed by atoms with Crippen LogP contribution in [0.5, 0.6) is 5.75 Å². The second kappa shape index (κ2) is 13.3. The Morgan fingerprint density at radius 1 is 1.07 bits per heavy atom. The number of para-hydroxylation sites is 1. The molecule has 0 heterocycles. The van der Waals surface area contributed by atoms with E-state index in [1.54, 1.807) is 12.2 Å². The molecule has 0 bridgehead atoms. The van der Waals surface area contributed by atoms with Gasteiger partial charge in [-0.25, -0.2) is 17.9 Å². The van der Waals surface area contributed by atoms with Gasteiger partial charge in [0.15, 0.2) is 0 Å². The highest BCUT2D eigenvalue weighted by atomic mass is 32.2. The van der Waals surface area contributed by atoms with Crippen molar-refractivity contribution in [1.82, 2.24) is 10.0 Å². The molecule has 3 rings (SSSR count). The van der Waals surface area contributed by atoms with E-state index in [9.17, 15) is 18.0 Å². The number of methoxy groups -OCH3 is 1. The first-order valence-electron chi connectivity index (χ1n) is 13.3. The maximum absolute atomic E-state index is 12.9. The Kier molecular flexibility index (Phi) is 10.4. The summed E-state index contributed by atoms with van der Waals surface area (Å²) < 4.78 is 42.5. The minimum Gasteiger partial charge on any atom is -0.493 e. The fourth-order valence-electron chi connectivity index (χ4n) is 4.70. The van der Waals surface area contributed by atoms with E-state index in [0.717, 1.165) is 41.5 Å². The lowest BCUT2D eigenvalue weighted by molar-refractivity contribution is -0.149. The Morgan fingerprint density at radius 3 is 2.52 bits per heavy atom. The molecule has 9 nitrogen and oxygen atoms in total. The quantitative estimate of drug-likeness (QED) is 0.216. The molecule has 2 aromatic carbocycles. The number of nitrogens with one attached hydrogen (secondary N) is 2. The lowest BCUT2D eigenvalue weighted by atomic mass is 9.80. The summed E-state index contributed by atoms with van der Waals surface area (Å²) in [4.78, 5) is 24.6. The first kappa shape index (κ1) is 31.2. The Morgan fingerprint density at radius 2 is 1.82 bits per heavy atom. The number of hydrogen-bond donors (Lipinski definition) is 2. The zero-order valence-corrected chi connectivity index (χ0v) is 24.7. The summed E-state index contributed by atoms with van der Waals surface area (Å²) in [6.07, 6.45) is 6.28. The number of benzene rings is 2. The van der Waals surface area contributed by atoms with Crippen molar-refractivity contribution in [2.45, 2.75) is 58.1 Å². The summed E-state index contributed by atoms with van der Waals surface area (Å²) in [6.45, 7) is 6.46. The van der Waals surface area contributed by atoms with Crippen molar-refractivity contribution in [2.24, 2.45) is 5.41 Å². The van der Waals surface area contributed by atoms with Crippen LogP contribution in [-0.4, -0.2) is 58.6 Å². The Hall–Kier alpha value is -3.37. The minimum absolute atomic E-state index is 0.277. The van der Waals surface area contributed by atoms with Crippen LogP contribution in [-0.2, 0) is 30.7 Å². The highest BCUT2D eigenvalue weighted by molar-refractivity contribution is 7.88. The fourth-order valence-corrected chi connectivity index (χ4v) is 5.41. The van der Waals surface area contributed by atoms with Crippen LogP contribution in [0.25, 0.3) is 11.1 Å². The largest absolute Gasteiger partial charge is 0.493 e. The smallest absolute Gasteiger partial charge is 0.407 e. The molecule has 0 unspecified atom stereocenters. The summed E-state index contributed by atoms with van der Waals surface area (Å²) >= 11 is 0. The molecule has 0 aromatic heterocycles. The summed E-state index contributed by atoms with van der Waals surface area (Å²) in [5, 5.41) is 2.75. The molecule has 10 heteroatoms. The van der Waals surface area contributed by atoms with Gasteiger partial charge in [-0.2, -0.15) is 0 Å². The highest BCUT2D eigenvalue weighted by Gasteiger charge is 2.43. The van der Waals surface area contributed by atoms with E-state index in [1.807, 2.05) is 69.3 Å². The molecule has 0 saturated carbocycles. The van der Waals surface area contributed by atoms with Gasteiger partial charge in [0, 0.05) is 18.2 Å². The number of esters is 1. The van der Waals surface area contributed by atoms with Crippen LogP contribution in [0.2, 0.25) is 0 Å². The minimum atomic E-state index is -3.43. The summed E-state index contributed by atoms with van der Waals surface area (Å²) in [6, 6.07) is 15.1. The van der Waals surface area contributed by atoms with E-state index in [1.165, 1.54) is 7.11 Å². The second-order valence-corrected chi connectivity index (χ2v) is 12.8. The van der Waals surface area contributed by atoms with Crippen molar-refractivity contribution in [3.05, 3.63) is 66.2 Å². The number of unbranched alkanes of at least 4 members (excludes halogenated alkanes) is 1. The van der Waals surface area contributed by atoms with E-state index in [0.29, 0.717) is 19.6 Å². The van der Waals surface area contributed by atoms with Gasteiger partial charge in [-0.15, -0.1) is 0 Å². The first-order chi connectivity index (χ1) is 18.8. The van der Waals surface area contributed by atoms with Gasteiger partial charge in [-0.3, -0.25) is 4.79 Å². The lowest BCUT2D eigenvalue weighted by Crippen LogP contribution is -2.38. The van der Waals surface area contributed by atoms with Gasteiger partial charge in [-0.1, -0.05) is 54.6 Å². The molecule has 0 spiro atoms. The maximum Gasteiger partial charge on any atom is 0.407 e. The number of carbonyl (C=O) groups is 2. The molecule has 1 aliphatic rings. The zero-order chi connectivity index (χ0) is 29.4. The van der Waals surface area contributed by atoms with Crippen LogP contribution in [0.1, 0.15) is 45.6 Å². The monoisotopic (exact) mass is 572 g/mol. The molecule has 40 heavy (non-hydrogen) atoms. The predicted octanol–water partition coefficient (Wildman–Crippen LogP) is 4.62. The predicted molar refractivity (Wildman–Crippen MR) is 155 cm³/mol. The van der Waals surface area contributed by atoms with Crippen molar-refractivity contribution in [3.63, 3.8) is 0 Å². The van der Waals surface area contributed by atoms with E-state index in [-0.39, 0.29) is 6.42 Å². The van der Waals surface area contributed by atoms with E-state index < -0.39 is 39.1 Å². The van der Waals surface area contributed by atoms with Crippen molar-refractivity contribution in [3.8, 4) is 16.9 Å². The summed E-state index contributed by atoms with van der Waals surface area (Å²) in [7, 11) is -2.09. The topological polar surface area (TPSA) is 120 Å². The van der Waals surface area contributed by atoms with Gasteiger partial charge in [0.1, 0.15) is 11.4 Å². The summed E-state index contributed by atoms with van der Waals surface area (Å²) in [5.41, 5.74) is 1.27. The highest BCUT2D eigenvalue weighted by Crippen LogP contribution is 2.39. The normalized spacial score (nSPS) is 18.8. The van der Waals surface area contributed by atoms with Crippen LogP contribution in [0, 0.1) is 5.41 Å². The Labute approximate surface area is 237 Å². The lowest BCUT2D eigenvalue weighted by Gasteiger charge is -2.26. The third kappa shape index (κ3) is 9.38. The standard InChI is InChI=1S/C30H40N2O7S/c1-29(2,3)39-28(34)31-17-8-9-18-38-26-14-7-6-13-25(26)23-12-10-11-22(19-23)20-30(27(33)37-4)16-15-24(21-30)32-40(5,35)36/h6-7,10-16,19,24,32H,8-9,17-18,20-21H2,1-5H3,(H,31,34)/t24-,30+/m0/s1. The van der Waals surface area contributed by atoms with Crippen molar-refractivity contribution >= 4 is 22.1 Å². The molecule has 1 amide bonds. The van der Waals surface area contributed by atoms with Crippen LogP contribution < -0.4 is 14.8 Å². The van der Waals surface area contributed by atoms with Crippen LogP contribution in [0.4, 0.5) is 4.79 Å². The number of rotatable bonds is 12. The Balaban J connectivity index is 1.65. The van der Waals surface area contributed by atoms with Gasteiger partial charge >= 0.3 is 12.1 Å². The molecule has 0 aliphatic heterocycles. The molecular formula is C30H40N2O7S. The third-order valence-electron chi connectivity index (χ3n) is 6.33. The molecule has 2 N–H and O–H groups in total. The SMILES string of the molecule is COC(=O)[C@@]1(Cc2cccc(-c3ccccc3OCCCCNC(=O)OC(C)(C)C)c2)C=C[C@H](NS(C)(=O)=O)C1. The van der Waals surface area contributed by atoms with Crippen LogP contribution in [0.3, 0.4) is 0 Å². The Bertz CT molecular complexity index is 1320. The molecule has 2 aromatic rings. The zero-order valence-electron chi connectivity index (χ0n) is 23.9. The van der Waals surface area contributed by atoms with Gasteiger partial charge in [0.05, 0.1) is 25.4 Å². The number of sulfonamides is 1. The van der Waals surface area contributed by atoms with Crippen molar-refractivity contribution in [1.29, 1.82) is 0 Å². The number of ether oxygens (including phenoxy) is 3. The van der Waals surface area contributed by atoms with Crippen molar-refractivity contribution < 1.29 is 32.2 Å². The number of carbonyl (C=O) groups excluding carboxylic acids is 2. The molecule has 0 fully saturated rings. The van der Waals surface area contributed by atoms with Crippen molar-refractivity contribution in [2.75, 3.05) is 26.5 Å². The number of alkyl carbamates (subject to hydrolysis) is 1. The average molecular weight is 573 g/mol. The van der Waals surface area contributed by atoms with Gasteiger partial charge in [0.2, 0.25) is 10.0 Å². The second-order valence-electron chi connectivity index (χ2n) is 11.1. The van der Waals surface area contributed by atoms with Crippen LogP contribution in [0.15, 0.2) is 60.7 Å². The molecule has 2 atom stereocenters.